The van der Waals surface area contributed by atoms with Crippen molar-refractivity contribution in [3.8, 4) is 0 Å². The van der Waals surface area contributed by atoms with E-state index in [1.54, 1.807) is 17.8 Å². The lowest BCUT2D eigenvalue weighted by molar-refractivity contribution is 0.0940. The number of rotatable bonds is 8. The van der Waals surface area contributed by atoms with Crippen LogP contribution in [-0.4, -0.2) is 42.1 Å². The van der Waals surface area contributed by atoms with Crippen molar-refractivity contribution in [2.24, 2.45) is 0 Å². The van der Waals surface area contributed by atoms with Crippen molar-refractivity contribution >= 4 is 29.2 Å². The van der Waals surface area contributed by atoms with Gasteiger partial charge < -0.3 is 15.1 Å². The summed E-state index contributed by atoms with van der Waals surface area (Å²) in [5.41, 5.74) is 5.49. The summed E-state index contributed by atoms with van der Waals surface area (Å²) in [7, 11) is 0. The van der Waals surface area contributed by atoms with E-state index in [1.165, 1.54) is 6.07 Å². The first kappa shape index (κ1) is 27.6. The zero-order valence-corrected chi connectivity index (χ0v) is 23.9. The van der Waals surface area contributed by atoms with Crippen molar-refractivity contribution in [3.63, 3.8) is 0 Å². The van der Waals surface area contributed by atoms with Gasteiger partial charge in [-0.2, -0.15) is 0 Å². The Hall–Kier alpha value is -3.91. The minimum Gasteiger partial charge on any atom is -0.366 e. The largest absolute Gasteiger partial charge is 0.366 e. The molecule has 1 atom stereocenters. The molecule has 1 aliphatic heterocycles. The predicted molar refractivity (Wildman–Crippen MR) is 161 cm³/mol. The van der Waals surface area contributed by atoms with Crippen molar-refractivity contribution < 1.29 is 9.18 Å². The van der Waals surface area contributed by atoms with Gasteiger partial charge >= 0.3 is 0 Å². The summed E-state index contributed by atoms with van der Waals surface area (Å²) >= 11 is 1.59. The zero-order valence-electron chi connectivity index (χ0n) is 23.1. The number of nitrogens with one attached hydrogen (secondary N) is 1. The number of thioether (sulfide) groups is 1. The van der Waals surface area contributed by atoms with Crippen LogP contribution < -0.4 is 15.1 Å². The molecular formula is C32H34FN5OS. The van der Waals surface area contributed by atoms with Gasteiger partial charge in [-0.15, -0.1) is 0 Å². The molecule has 1 N–H and O–H groups in total. The monoisotopic (exact) mass is 555 g/mol. The summed E-state index contributed by atoms with van der Waals surface area (Å²) in [6, 6.07) is 24.5. The number of carbonyl (C=O) groups excluding carboxylic acids is 1. The molecule has 5 rings (SSSR count). The number of amides is 1. The van der Waals surface area contributed by atoms with Crippen LogP contribution >= 0.6 is 11.8 Å². The minimum atomic E-state index is -0.181. The average Bonchev–Trinajstić information content (AvgIpc) is 2.99. The molecule has 1 unspecified atom stereocenters. The van der Waals surface area contributed by atoms with Crippen LogP contribution in [0.3, 0.4) is 0 Å². The van der Waals surface area contributed by atoms with Crippen LogP contribution in [0.2, 0.25) is 0 Å². The van der Waals surface area contributed by atoms with Crippen LogP contribution in [0.15, 0.2) is 84.0 Å². The first-order chi connectivity index (χ1) is 19.4. The van der Waals surface area contributed by atoms with E-state index in [0.29, 0.717) is 17.0 Å². The van der Waals surface area contributed by atoms with E-state index >= 15 is 0 Å². The molecule has 40 heavy (non-hydrogen) atoms. The molecule has 4 aromatic rings. The van der Waals surface area contributed by atoms with E-state index in [-0.39, 0.29) is 17.8 Å². The molecule has 3 aromatic carbocycles. The molecule has 1 amide bonds. The van der Waals surface area contributed by atoms with E-state index in [4.69, 9.17) is 9.97 Å². The van der Waals surface area contributed by atoms with Gasteiger partial charge in [-0.1, -0.05) is 66.4 Å². The van der Waals surface area contributed by atoms with E-state index in [1.807, 2.05) is 80.6 Å². The standard InChI is InChI=1S/C32H34FN5OS/c1-22-23(2)35-32(36-30(22)38-19-17-37(18-20-38)29-12-8-7-11-28(29)33)40-21-25-13-15-27(16-14-25)31(39)34-24(3)26-9-5-4-6-10-26/h4-16,24H,17-21H2,1-3H3,(H,34,39). The Kier molecular flexibility index (Phi) is 8.65. The molecule has 0 aliphatic carbocycles. The molecule has 0 spiro atoms. The van der Waals surface area contributed by atoms with Gasteiger partial charge in [0, 0.05) is 48.8 Å². The molecule has 0 radical (unpaired) electrons. The second-order valence-electron chi connectivity index (χ2n) is 10.1. The summed E-state index contributed by atoms with van der Waals surface area (Å²) < 4.78 is 14.3. The highest BCUT2D eigenvalue weighted by Crippen LogP contribution is 2.28. The lowest BCUT2D eigenvalue weighted by Gasteiger charge is -2.37. The third-order valence-corrected chi connectivity index (χ3v) is 8.27. The van der Waals surface area contributed by atoms with E-state index in [9.17, 15) is 9.18 Å². The van der Waals surface area contributed by atoms with Crippen LogP contribution in [0.1, 0.15) is 45.7 Å². The van der Waals surface area contributed by atoms with Crippen LogP contribution in [0.5, 0.6) is 0 Å². The molecule has 0 bridgehead atoms. The molecule has 6 nitrogen and oxygen atoms in total. The highest BCUT2D eigenvalue weighted by atomic mass is 32.2. The topological polar surface area (TPSA) is 61.4 Å². The Bertz CT molecular complexity index is 1460. The van der Waals surface area contributed by atoms with Gasteiger partial charge in [0.05, 0.1) is 11.7 Å². The lowest BCUT2D eigenvalue weighted by atomic mass is 10.1. The first-order valence-corrected chi connectivity index (χ1v) is 14.5. The molecule has 1 fully saturated rings. The highest BCUT2D eigenvalue weighted by molar-refractivity contribution is 7.98. The summed E-state index contributed by atoms with van der Waals surface area (Å²) in [5, 5.41) is 3.79. The summed E-state index contributed by atoms with van der Waals surface area (Å²) in [4.78, 5) is 26.7. The predicted octanol–water partition coefficient (Wildman–Crippen LogP) is 6.34. The second-order valence-corrected chi connectivity index (χ2v) is 11.0. The maximum Gasteiger partial charge on any atom is 0.251 e. The lowest BCUT2D eigenvalue weighted by Crippen LogP contribution is -2.47. The van der Waals surface area contributed by atoms with Gasteiger partial charge in [-0.05, 0) is 56.2 Å². The average molecular weight is 556 g/mol. The van der Waals surface area contributed by atoms with Gasteiger partial charge in [-0.25, -0.2) is 14.4 Å². The fraction of sp³-hybridized carbons (Fsp3) is 0.281. The molecule has 1 aromatic heterocycles. The third kappa shape index (κ3) is 6.45. The first-order valence-electron chi connectivity index (χ1n) is 13.6. The molecule has 2 heterocycles. The zero-order chi connectivity index (χ0) is 28.1. The number of hydrogen-bond acceptors (Lipinski definition) is 6. The van der Waals surface area contributed by atoms with Crippen LogP contribution in [0.4, 0.5) is 15.9 Å². The maximum atomic E-state index is 14.3. The molecule has 8 heteroatoms. The van der Waals surface area contributed by atoms with E-state index in [0.717, 1.165) is 59.5 Å². The number of benzene rings is 3. The second kappa shape index (κ2) is 12.5. The fourth-order valence-electron chi connectivity index (χ4n) is 4.83. The van der Waals surface area contributed by atoms with Crippen molar-refractivity contribution in [1.82, 2.24) is 15.3 Å². The van der Waals surface area contributed by atoms with Crippen LogP contribution in [0.25, 0.3) is 0 Å². The van der Waals surface area contributed by atoms with Crippen LogP contribution in [-0.2, 0) is 5.75 Å². The number of para-hydroxylation sites is 1. The number of nitrogens with zero attached hydrogens (tertiary/aromatic N) is 4. The smallest absolute Gasteiger partial charge is 0.251 e. The van der Waals surface area contributed by atoms with Gasteiger partial charge in [0.2, 0.25) is 0 Å². The van der Waals surface area contributed by atoms with E-state index < -0.39 is 0 Å². The number of halogens is 1. The Morgan fingerprint density at radius 2 is 1.55 bits per heavy atom. The maximum absolute atomic E-state index is 14.3. The highest BCUT2D eigenvalue weighted by Gasteiger charge is 2.23. The fourth-order valence-corrected chi connectivity index (χ4v) is 5.67. The third-order valence-electron chi connectivity index (χ3n) is 7.35. The van der Waals surface area contributed by atoms with Gasteiger partial charge in [0.15, 0.2) is 5.16 Å². The van der Waals surface area contributed by atoms with Crippen molar-refractivity contribution in [2.75, 3.05) is 36.0 Å². The Balaban J connectivity index is 1.19. The van der Waals surface area contributed by atoms with Gasteiger partial charge in [0.1, 0.15) is 11.6 Å². The number of aryl methyl sites for hydroxylation is 1. The van der Waals surface area contributed by atoms with Gasteiger partial charge in [-0.3, -0.25) is 4.79 Å². The quantitative estimate of drug-likeness (QED) is 0.202. The van der Waals surface area contributed by atoms with Gasteiger partial charge in [0.25, 0.3) is 5.91 Å². The van der Waals surface area contributed by atoms with Crippen molar-refractivity contribution in [2.45, 2.75) is 37.7 Å². The molecular weight excluding hydrogens is 521 g/mol. The van der Waals surface area contributed by atoms with E-state index in [2.05, 4.69) is 22.0 Å². The number of aromatic nitrogens is 2. The van der Waals surface area contributed by atoms with Crippen molar-refractivity contribution in [1.29, 1.82) is 0 Å². The number of carbonyl (C=O) groups is 1. The molecule has 0 saturated carbocycles. The SMILES string of the molecule is Cc1nc(SCc2ccc(C(=O)NC(C)c3ccccc3)cc2)nc(N2CCN(c3ccccc3F)CC2)c1C. The van der Waals surface area contributed by atoms with Crippen molar-refractivity contribution in [3.05, 3.63) is 113 Å². The minimum absolute atomic E-state index is 0.0671. The normalized spacial score (nSPS) is 14.2. The summed E-state index contributed by atoms with van der Waals surface area (Å²) in [5.74, 6) is 1.38. The summed E-state index contributed by atoms with van der Waals surface area (Å²) in [6.07, 6.45) is 0. The Morgan fingerprint density at radius 3 is 2.25 bits per heavy atom. The summed E-state index contributed by atoms with van der Waals surface area (Å²) in [6.45, 7) is 9.06. The van der Waals surface area contributed by atoms with Crippen LogP contribution in [0, 0.1) is 19.7 Å². The molecule has 1 saturated heterocycles. The Morgan fingerprint density at radius 1 is 0.900 bits per heavy atom. The Labute approximate surface area is 239 Å². The molecule has 1 aliphatic rings. The number of anilines is 2. The number of hydrogen-bond donors (Lipinski definition) is 1. The molecule has 206 valence electrons. The number of piperazine rings is 1.